The largest absolute Gasteiger partial charge is 0.465 e. The van der Waals surface area contributed by atoms with E-state index < -0.39 is 28.4 Å². The zero-order valence-corrected chi connectivity index (χ0v) is 11.3. The van der Waals surface area contributed by atoms with Crippen LogP contribution in [0.1, 0.15) is 15.9 Å². The normalized spacial score (nSPS) is 11.1. The summed E-state index contributed by atoms with van der Waals surface area (Å²) in [6, 6.07) is 4.11. The molecule has 1 rings (SSSR count). The van der Waals surface area contributed by atoms with E-state index in [-0.39, 0.29) is 10.5 Å². The molecule has 3 N–H and O–H groups in total. The van der Waals surface area contributed by atoms with Gasteiger partial charge in [0.25, 0.3) is 0 Å². The Bertz CT molecular complexity index is 610. The summed E-state index contributed by atoms with van der Waals surface area (Å²) in [6.45, 7) is 1.06. The van der Waals surface area contributed by atoms with Gasteiger partial charge in [-0.15, -0.1) is 0 Å². The van der Waals surface area contributed by atoms with Crippen LogP contribution in [0.4, 0.5) is 0 Å². The number of methoxy groups -OCH3 is 1. The van der Waals surface area contributed by atoms with Crippen molar-refractivity contribution < 1.29 is 22.7 Å². The van der Waals surface area contributed by atoms with E-state index in [9.17, 15) is 18.0 Å². The number of hydrogen-bond donors (Lipinski definition) is 2. The number of carbonyl (C=O) groups is 2. The van der Waals surface area contributed by atoms with Crippen LogP contribution in [-0.2, 0) is 19.6 Å². The maximum atomic E-state index is 11.9. The SMILES string of the molecule is COC(=O)c1ccc(C)c(S(=O)(=O)NCC(N)=O)c1. The van der Waals surface area contributed by atoms with Crippen LogP contribution in [0.3, 0.4) is 0 Å². The molecule has 1 amide bonds. The van der Waals surface area contributed by atoms with Gasteiger partial charge in [-0.1, -0.05) is 6.07 Å². The molecule has 8 heteroatoms. The summed E-state index contributed by atoms with van der Waals surface area (Å²) in [7, 11) is -2.71. The quantitative estimate of drug-likeness (QED) is 0.711. The second kappa shape index (κ2) is 5.81. The van der Waals surface area contributed by atoms with Crippen molar-refractivity contribution in [1.29, 1.82) is 0 Å². The van der Waals surface area contributed by atoms with Crippen LogP contribution < -0.4 is 10.5 Å². The summed E-state index contributed by atoms with van der Waals surface area (Å²) in [4.78, 5) is 21.9. The smallest absolute Gasteiger partial charge is 0.337 e. The van der Waals surface area contributed by atoms with Gasteiger partial charge in [-0.25, -0.2) is 17.9 Å². The third-order valence-corrected chi connectivity index (χ3v) is 3.88. The van der Waals surface area contributed by atoms with E-state index in [4.69, 9.17) is 5.73 Å². The maximum Gasteiger partial charge on any atom is 0.337 e. The van der Waals surface area contributed by atoms with Crippen molar-refractivity contribution in [1.82, 2.24) is 4.72 Å². The average molecular weight is 286 g/mol. The van der Waals surface area contributed by atoms with Crippen molar-refractivity contribution in [3.63, 3.8) is 0 Å². The molecule has 0 atom stereocenters. The number of aryl methyl sites for hydroxylation is 1. The Kier molecular flexibility index (Phi) is 4.62. The molecule has 0 saturated carbocycles. The molecule has 0 aliphatic carbocycles. The Morgan fingerprint density at radius 2 is 2.00 bits per heavy atom. The van der Waals surface area contributed by atoms with Gasteiger partial charge in [-0.05, 0) is 24.6 Å². The van der Waals surface area contributed by atoms with E-state index in [1.54, 1.807) is 6.92 Å². The number of benzene rings is 1. The van der Waals surface area contributed by atoms with E-state index in [0.717, 1.165) is 0 Å². The highest BCUT2D eigenvalue weighted by molar-refractivity contribution is 7.89. The number of esters is 1. The van der Waals surface area contributed by atoms with Crippen LogP contribution in [0.2, 0.25) is 0 Å². The third-order valence-electron chi connectivity index (χ3n) is 2.34. The van der Waals surface area contributed by atoms with Crippen LogP contribution in [0, 0.1) is 6.92 Å². The van der Waals surface area contributed by atoms with Gasteiger partial charge in [0.05, 0.1) is 24.1 Å². The maximum absolute atomic E-state index is 11.9. The molecule has 0 aromatic heterocycles. The van der Waals surface area contributed by atoms with Gasteiger partial charge in [0.2, 0.25) is 15.9 Å². The van der Waals surface area contributed by atoms with Crippen molar-refractivity contribution in [2.75, 3.05) is 13.7 Å². The first-order chi connectivity index (χ1) is 8.77. The predicted molar refractivity (Wildman–Crippen MR) is 66.9 cm³/mol. The van der Waals surface area contributed by atoms with Gasteiger partial charge in [0.15, 0.2) is 0 Å². The number of ether oxygens (including phenoxy) is 1. The van der Waals surface area contributed by atoms with Gasteiger partial charge in [-0.3, -0.25) is 4.79 Å². The third kappa shape index (κ3) is 3.76. The van der Waals surface area contributed by atoms with E-state index in [2.05, 4.69) is 4.74 Å². The fraction of sp³-hybridized carbons (Fsp3) is 0.273. The molecule has 0 fully saturated rings. The highest BCUT2D eigenvalue weighted by atomic mass is 32.2. The van der Waals surface area contributed by atoms with Crippen LogP contribution in [-0.4, -0.2) is 33.9 Å². The lowest BCUT2D eigenvalue weighted by Crippen LogP contribution is -2.33. The lowest BCUT2D eigenvalue weighted by molar-refractivity contribution is -0.116. The Labute approximate surface area is 110 Å². The Hall–Kier alpha value is -1.93. The molecule has 1 aromatic carbocycles. The van der Waals surface area contributed by atoms with Crippen LogP contribution in [0.5, 0.6) is 0 Å². The molecular formula is C11H14N2O5S. The first-order valence-corrected chi connectivity index (χ1v) is 6.73. The van der Waals surface area contributed by atoms with E-state index in [1.807, 2.05) is 4.72 Å². The van der Waals surface area contributed by atoms with E-state index in [0.29, 0.717) is 5.56 Å². The van der Waals surface area contributed by atoms with Crippen LogP contribution >= 0.6 is 0 Å². The van der Waals surface area contributed by atoms with Gasteiger partial charge in [0.1, 0.15) is 0 Å². The second-order valence-corrected chi connectivity index (χ2v) is 5.50. The second-order valence-electron chi connectivity index (χ2n) is 3.76. The summed E-state index contributed by atoms with van der Waals surface area (Å²) in [5.74, 6) is -1.45. The summed E-state index contributed by atoms with van der Waals surface area (Å²) < 4.78 is 30.5. The number of rotatable bonds is 5. The lowest BCUT2D eigenvalue weighted by Gasteiger charge is -2.09. The van der Waals surface area contributed by atoms with Crippen molar-refractivity contribution in [3.8, 4) is 0 Å². The number of carbonyl (C=O) groups excluding carboxylic acids is 2. The molecule has 104 valence electrons. The molecule has 1 aromatic rings. The van der Waals surface area contributed by atoms with Gasteiger partial charge in [0, 0.05) is 0 Å². The van der Waals surface area contributed by atoms with E-state index >= 15 is 0 Å². The highest BCUT2D eigenvalue weighted by Gasteiger charge is 2.19. The first kappa shape index (κ1) is 15.1. The number of hydrogen-bond acceptors (Lipinski definition) is 5. The first-order valence-electron chi connectivity index (χ1n) is 5.25. The molecule has 0 spiro atoms. The molecule has 0 saturated heterocycles. The van der Waals surface area contributed by atoms with Crippen molar-refractivity contribution in [2.24, 2.45) is 5.73 Å². The summed E-state index contributed by atoms with van der Waals surface area (Å²) in [5, 5.41) is 0. The van der Waals surface area contributed by atoms with Crippen molar-refractivity contribution in [2.45, 2.75) is 11.8 Å². The molecule has 7 nitrogen and oxygen atoms in total. The Balaban J connectivity index is 3.18. The Morgan fingerprint density at radius 1 is 1.37 bits per heavy atom. The standard InChI is InChI=1S/C11H14N2O5S/c1-7-3-4-8(11(15)18-2)5-9(7)19(16,17)13-6-10(12)14/h3-5,13H,6H2,1-2H3,(H2,12,14). The van der Waals surface area contributed by atoms with Gasteiger partial charge >= 0.3 is 5.97 Å². The zero-order valence-electron chi connectivity index (χ0n) is 10.5. The van der Waals surface area contributed by atoms with Crippen LogP contribution in [0.15, 0.2) is 23.1 Å². The molecule has 0 aliphatic rings. The molecular weight excluding hydrogens is 272 g/mol. The molecule has 0 radical (unpaired) electrons. The van der Waals surface area contributed by atoms with Crippen LogP contribution in [0.25, 0.3) is 0 Å². The zero-order chi connectivity index (χ0) is 14.6. The summed E-state index contributed by atoms with van der Waals surface area (Å²) in [5.41, 5.74) is 5.41. The minimum absolute atomic E-state index is 0.100. The number of amides is 1. The highest BCUT2D eigenvalue weighted by Crippen LogP contribution is 2.17. The number of nitrogens with two attached hydrogens (primary N) is 1. The van der Waals surface area contributed by atoms with Crippen molar-refractivity contribution >= 4 is 21.9 Å². The summed E-state index contributed by atoms with van der Waals surface area (Å²) >= 11 is 0. The molecule has 19 heavy (non-hydrogen) atoms. The van der Waals surface area contributed by atoms with Gasteiger partial charge < -0.3 is 10.5 Å². The lowest BCUT2D eigenvalue weighted by atomic mass is 10.1. The minimum Gasteiger partial charge on any atom is -0.465 e. The van der Waals surface area contributed by atoms with Gasteiger partial charge in [-0.2, -0.15) is 0 Å². The fourth-order valence-corrected chi connectivity index (χ4v) is 2.64. The van der Waals surface area contributed by atoms with Crippen molar-refractivity contribution in [3.05, 3.63) is 29.3 Å². The molecule has 0 aliphatic heterocycles. The Morgan fingerprint density at radius 3 is 2.53 bits per heavy atom. The topological polar surface area (TPSA) is 116 Å². The average Bonchev–Trinajstić information content (AvgIpc) is 2.36. The minimum atomic E-state index is -3.91. The molecule has 0 bridgehead atoms. The predicted octanol–water partition coefficient (Wildman–Crippen LogP) is -0.455. The fourth-order valence-electron chi connectivity index (χ4n) is 1.38. The summed E-state index contributed by atoms with van der Waals surface area (Å²) in [6.07, 6.45) is 0. The van der Waals surface area contributed by atoms with E-state index in [1.165, 1.54) is 25.3 Å². The molecule has 0 heterocycles. The number of sulfonamides is 1. The number of nitrogens with one attached hydrogen (secondary N) is 1. The monoisotopic (exact) mass is 286 g/mol. The molecule has 0 unspecified atom stereocenters. The number of primary amides is 1.